The Hall–Kier alpha value is -1.68. The molecule has 20 heavy (non-hydrogen) atoms. The Morgan fingerprint density at radius 2 is 2.00 bits per heavy atom. The van der Waals surface area contributed by atoms with E-state index in [4.69, 9.17) is 0 Å². The molecule has 1 aromatic heterocycles. The molecule has 0 saturated heterocycles. The molecule has 3 nitrogen and oxygen atoms in total. The molecule has 1 atom stereocenters. The second-order valence-corrected chi connectivity index (χ2v) is 5.66. The number of hydrogen-bond donors (Lipinski definition) is 1. The number of benzene rings is 1. The molecule has 1 heterocycles. The number of aromatic nitrogens is 1. The lowest BCUT2D eigenvalue weighted by atomic mass is 9.93. The van der Waals surface area contributed by atoms with E-state index in [2.05, 4.69) is 20.9 Å². The summed E-state index contributed by atoms with van der Waals surface area (Å²) in [6.07, 6.45) is 2.65. The zero-order valence-electron chi connectivity index (χ0n) is 11.2. The third-order valence-electron chi connectivity index (χ3n) is 3.33. The van der Waals surface area contributed by atoms with Crippen molar-refractivity contribution in [1.82, 2.24) is 4.98 Å². The van der Waals surface area contributed by atoms with Crippen LogP contribution < -0.4 is 0 Å². The van der Waals surface area contributed by atoms with Crippen LogP contribution in [0.25, 0.3) is 0 Å². The average molecular weight is 334 g/mol. The highest BCUT2D eigenvalue weighted by atomic mass is 79.9. The van der Waals surface area contributed by atoms with Gasteiger partial charge in [0.1, 0.15) is 0 Å². The first kappa shape index (κ1) is 14.7. The molecule has 0 spiro atoms. The van der Waals surface area contributed by atoms with E-state index in [1.807, 2.05) is 43.3 Å². The topological polar surface area (TPSA) is 50.2 Å². The van der Waals surface area contributed by atoms with Crippen molar-refractivity contribution in [2.75, 3.05) is 0 Å². The van der Waals surface area contributed by atoms with E-state index in [0.29, 0.717) is 12.8 Å². The minimum absolute atomic E-state index is 0.448. The zero-order valence-corrected chi connectivity index (χ0v) is 12.8. The van der Waals surface area contributed by atoms with Gasteiger partial charge in [-0.25, -0.2) is 0 Å². The molecule has 104 valence electrons. The third-order valence-corrected chi connectivity index (χ3v) is 4.10. The maximum atomic E-state index is 11.5. The molecule has 4 heteroatoms. The molecule has 0 aliphatic carbocycles. The largest absolute Gasteiger partial charge is 0.481 e. The highest BCUT2D eigenvalue weighted by Crippen LogP contribution is 2.22. The van der Waals surface area contributed by atoms with E-state index < -0.39 is 11.9 Å². The molecule has 0 fully saturated rings. The van der Waals surface area contributed by atoms with Gasteiger partial charge >= 0.3 is 5.97 Å². The van der Waals surface area contributed by atoms with Gasteiger partial charge in [-0.3, -0.25) is 9.78 Å². The fourth-order valence-corrected chi connectivity index (χ4v) is 2.59. The maximum absolute atomic E-state index is 11.5. The lowest BCUT2D eigenvalue weighted by Gasteiger charge is -2.14. The van der Waals surface area contributed by atoms with Gasteiger partial charge in [0.2, 0.25) is 0 Å². The Bertz CT molecular complexity index is 565. The summed E-state index contributed by atoms with van der Waals surface area (Å²) in [6.45, 7) is 1.96. The summed E-state index contributed by atoms with van der Waals surface area (Å²) in [5.41, 5.74) is 2.89. The number of halogens is 1. The van der Waals surface area contributed by atoms with Crippen molar-refractivity contribution in [2.45, 2.75) is 19.8 Å². The summed E-state index contributed by atoms with van der Waals surface area (Å²) in [5.74, 6) is -1.26. The van der Waals surface area contributed by atoms with Crippen molar-refractivity contribution in [3.05, 3.63) is 63.9 Å². The minimum atomic E-state index is -0.786. The number of carboxylic acids is 1. The van der Waals surface area contributed by atoms with Gasteiger partial charge in [0.05, 0.1) is 5.92 Å². The number of carboxylic acid groups (broad SMARTS) is 1. The number of hydrogen-bond acceptors (Lipinski definition) is 2. The van der Waals surface area contributed by atoms with Gasteiger partial charge in [-0.1, -0.05) is 40.2 Å². The normalized spacial score (nSPS) is 12.1. The van der Waals surface area contributed by atoms with Crippen molar-refractivity contribution in [3.63, 3.8) is 0 Å². The molecule has 2 rings (SSSR count). The van der Waals surface area contributed by atoms with Gasteiger partial charge < -0.3 is 5.11 Å². The van der Waals surface area contributed by atoms with Gasteiger partial charge in [-0.05, 0) is 36.6 Å². The molecule has 1 unspecified atom stereocenters. The van der Waals surface area contributed by atoms with E-state index >= 15 is 0 Å². The van der Waals surface area contributed by atoms with Crippen molar-refractivity contribution in [1.29, 1.82) is 0 Å². The second kappa shape index (κ2) is 6.66. The fraction of sp³-hybridized carbons (Fsp3) is 0.250. The van der Waals surface area contributed by atoms with Crippen LogP contribution in [0.5, 0.6) is 0 Å². The summed E-state index contributed by atoms with van der Waals surface area (Å²) in [7, 11) is 0. The van der Waals surface area contributed by atoms with Crippen LogP contribution in [-0.2, 0) is 17.6 Å². The minimum Gasteiger partial charge on any atom is -0.481 e. The first-order chi connectivity index (χ1) is 9.58. The van der Waals surface area contributed by atoms with Gasteiger partial charge in [0, 0.05) is 22.8 Å². The quantitative estimate of drug-likeness (QED) is 0.908. The first-order valence-corrected chi connectivity index (χ1v) is 7.24. The highest BCUT2D eigenvalue weighted by molar-refractivity contribution is 9.10. The Morgan fingerprint density at radius 3 is 2.65 bits per heavy atom. The van der Waals surface area contributed by atoms with Crippen LogP contribution in [0.4, 0.5) is 0 Å². The Morgan fingerprint density at radius 1 is 1.25 bits per heavy atom. The Labute approximate surface area is 126 Å². The Balaban J connectivity index is 2.19. The lowest BCUT2D eigenvalue weighted by Crippen LogP contribution is -2.20. The molecule has 0 radical (unpaired) electrons. The molecule has 0 amide bonds. The summed E-state index contributed by atoms with van der Waals surface area (Å²) in [6, 6.07) is 11.5. The molecular weight excluding hydrogens is 318 g/mol. The Kier molecular flexibility index (Phi) is 4.90. The van der Waals surface area contributed by atoms with E-state index in [0.717, 1.165) is 21.3 Å². The van der Waals surface area contributed by atoms with Crippen LogP contribution in [0.3, 0.4) is 0 Å². The van der Waals surface area contributed by atoms with Gasteiger partial charge in [-0.15, -0.1) is 0 Å². The predicted octanol–water partition coefficient (Wildman–Crippen LogP) is 3.64. The number of rotatable bonds is 5. The standard InChI is InChI=1S/C16H16BrNO2/c1-11-5-4-8-18-15(11)10-13(16(19)20)9-12-6-2-3-7-14(12)17/h2-8,13H,9-10H2,1H3,(H,19,20). The molecule has 0 aliphatic heterocycles. The van der Waals surface area contributed by atoms with E-state index in [1.165, 1.54) is 0 Å². The number of pyridine rings is 1. The van der Waals surface area contributed by atoms with Crippen LogP contribution in [-0.4, -0.2) is 16.1 Å². The summed E-state index contributed by atoms with van der Waals surface area (Å²) >= 11 is 3.47. The van der Waals surface area contributed by atoms with Gasteiger partial charge in [0.15, 0.2) is 0 Å². The van der Waals surface area contributed by atoms with Gasteiger partial charge in [-0.2, -0.15) is 0 Å². The van der Waals surface area contributed by atoms with Crippen molar-refractivity contribution in [3.8, 4) is 0 Å². The van der Waals surface area contributed by atoms with Crippen LogP contribution in [0.1, 0.15) is 16.8 Å². The second-order valence-electron chi connectivity index (χ2n) is 4.80. The SMILES string of the molecule is Cc1cccnc1CC(Cc1ccccc1Br)C(=O)O. The van der Waals surface area contributed by atoms with Crippen LogP contribution >= 0.6 is 15.9 Å². The summed E-state index contributed by atoms with van der Waals surface area (Å²) < 4.78 is 0.948. The molecule has 2 aromatic rings. The highest BCUT2D eigenvalue weighted by Gasteiger charge is 2.21. The van der Waals surface area contributed by atoms with Crippen molar-refractivity contribution in [2.24, 2.45) is 5.92 Å². The third kappa shape index (κ3) is 3.67. The average Bonchev–Trinajstić information content (AvgIpc) is 2.42. The van der Waals surface area contributed by atoms with E-state index in [9.17, 15) is 9.90 Å². The maximum Gasteiger partial charge on any atom is 0.307 e. The smallest absolute Gasteiger partial charge is 0.307 e. The molecule has 0 saturated carbocycles. The molecular formula is C16H16BrNO2. The van der Waals surface area contributed by atoms with E-state index in [-0.39, 0.29) is 0 Å². The van der Waals surface area contributed by atoms with E-state index in [1.54, 1.807) is 6.20 Å². The van der Waals surface area contributed by atoms with Crippen LogP contribution in [0, 0.1) is 12.8 Å². The molecule has 0 bridgehead atoms. The number of carbonyl (C=O) groups is 1. The molecule has 1 N–H and O–H groups in total. The fourth-order valence-electron chi connectivity index (χ4n) is 2.14. The first-order valence-electron chi connectivity index (χ1n) is 6.44. The summed E-state index contributed by atoms with van der Waals surface area (Å²) in [4.78, 5) is 15.8. The number of aryl methyl sites for hydroxylation is 1. The summed E-state index contributed by atoms with van der Waals surface area (Å²) in [5, 5.41) is 9.43. The predicted molar refractivity (Wildman–Crippen MR) is 81.6 cm³/mol. The molecule has 1 aromatic carbocycles. The van der Waals surface area contributed by atoms with Crippen LogP contribution in [0.2, 0.25) is 0 Å². The molecule has 0 aliphatic rings. The number of nitrogens with zero attached hydrogens (tertiary/aromatic N) is 1. The van der Waals surface area contributed by atoms with Crippen molar-refractivity contribution >= 4 is 21.9 Å². The zero-order chi connectivity index (χ0) is 14.5. The lowest BCUT2D eigenvalue weighted by molar-refractivity contribution is -0.141. The van der Waals surface area contributed by atoms with Gasteiger partial charge in [0.25, 0.3) is 0 Å². The monoisotopic (exact) mass is 333 g/mol. The number of aliphatic carboxylic acids is 1. The van der Waals surface area contributed by atoms with Crippen LogP contribution in [0.15, 0.2) is 47.1 Å². The van der Waals surface area contributed by atoms with Crippen molar-refractivity contribution < 1.29 is 9.90 Å².